The number of allylic oxidation sites excluding steroid dienone is 2. The first-order valence-corrected chi connectivity index (χ1v) is 5.30. The number of hydrogen-bond donors (Lipinski definition) is 0. The van der Waals surface area contributed by atoms with Crippen LogP contribution in [0.3, 0.4) is 0 Å². The number of halogens is 1. The van der Waals surface area contributed by atoms with Crippen molar-refractivity contribution < 1.29 is 9.53 Å². The lowest BCUT2D eigenvalue weighted by molar-refractivity contribution is -0.143. The summed E-state index contributed by atoms with van der Waals surface area (Å²) in [4.78, 5) is 10.8. The van der Waals surface area contributed by atoms with E-state index < -0.39 is 0 Å². The van der Waals surface area contributed by atoms with Gasteiger partial charge in [-0.1, -0.05) is 28.1 Å². The van der Waals surface area contributed by atoms with Gasteiger partial charge in [-0.05, 0) is 19.8 Å². The van der Waals surface area contributed by atoms with Gasteiger partial charge in [0.15, 0.2) is 0 Å². The number of alkyl halides is 1. The summed E-state index contributed by atoms with van der Waals surface area (Å²) in [5.74, 6) is -0.0928. The Kier molecular flexibility index (Phi) is 8.56. The number of carbonyl (C=O) groups excluding carboxylic acids is 1. The Morgan fingerprint density at radius 1 is 1.50 bits per heavy atom. The smallest absolute Gasteiger partial charge is 0.305 e. The summed E-state index contributed by atoms with van der Waals surface area (Å²) in [5.41, 5.74) is 0. The molecule has 0 aromatic heterocycles. The van der Waals surface area contributed by atoms with Crippen molar-refractivity contribution in [3.05, 3.63) is 12.2 Å². The lowest BCUT2D eigenvalue weighted by Crippen LogP contribution is -2.02. The van der Waals surface area contributed by atoms with Gasteiger partial charge >= 0.3 is 5.97 Å². The van der Waals surface area contributed by atoms with Crippen LogP contribution in [0.15, 0.2) is 12.2 Å². The Morgan fingerprint density at radius 2 is 2.25 bits per heavy atom. The second-order valence-corrected chi connectivity index (χ2v) is 2.97. The predicted molar refractivity (Wildman–Crippen MR) is 53.4 cm³/mol. The molecule has 0 fully saturated rings. The van der Waals surface area contributed by atoms with Gasteiger partial charge in [-0.15, -0.1) is 0 Å². The molecule has 0 saturated carbocycles. The van der Waals surface area contributed by atoms with E-state index in [-0.39, 0.29) is 5.97 Å². The number of esters is 1. The minimum atomic E-state index is -0.0928. The van der Waals surface area contributed by atoms with Gasteiger partial charge in [0.25, 0.3) is 0 Å². The molecule has 0 heterocycles. The van der Waals surface area contributed by atoms with Gasteiger partial charge in [0, 0.05) is 11.8 Å². The third-order valence-electron chi connectivity index (χ3n) is 1.31. The highest BCUT2D eigenvalue weighted by Crippen LogP contribution is 1.99. The monoisotopic (exact) mass is 234 g/mol. The van der Waals surface area contributed by atoms with E-state index in [0.717, 1.165) is 18.2 Å². The lowest BCUT2D eigenvalue weighted by Gasteiger charge is -1.98. The fourth-order valence-electron chi connectivity index (χ4n) is 0.778. The lowest BCUT2D eigenvalue weighted by atomic mass is 10.2. The largest absolute Gasteiger partial charge is 0.466 e. The maximum atomic E-state index is 10.8. The van der Waals surface area contributed by atoms with Crippen molar-refractivity contribution in [3.63, 3.8) is 0 Å². The fourth-order valence-corrected chi connectivity index (χ4v) is 1.04. The molecule has 0 aliphatic rings. The molecule has 3 heteroatoms. The summed E-state index contributed by atoms with van der Waals surface area (Å²) in [6.45, 7) is 2.30. The number of ether oxygens (including phenoxy) is 1. The molecule has 0 aromatic carbocycles. The molecule has 0 aliphatic carbocycles. The van der Waals surface area contributed by atoms with E-state index in [1.54, 1.807) is 0 Å². The van der Waals surface area contributed by atoms with E-state index in [1.165, 1.54) is 0 Å². The molecule has 0 rings (SSSR count). The van der Waals surface area contributed by atoms with Gasteiger partial charge in [-0.2, -0.15) is 0 Å². The van der Waals surface area contributed by atoms with E-state index in [1.807, 2.05) is 13.0 Å². The third-order valence-corrected chi connectivity index (χ3v) is 1.69. The standard InChI is InChI=1S/C9H15BrO2/c1-2-12-9(11)7-5-3-4-6-8-10/h4,6H,2-3,5,7-8H2,1H3. The molecule has 0 radical (unpaired) electrons. The predicted octanol–water partition coefficient (Wildman–Crippen LogP) is 2.67. The van der Waals surface area contributed by atoms with Crippen molar-refractivity contribution in [1.29, 1.82) is 0 Å². The van der Waals surface area contributed by atoms with E-state index in [0.29, 0.717) is 13.0 Å². The van der Waals surface area contributed by atoms with Crippen LogP contribution >= 0.6 is 15.9 Å². The molecule has 12 heavy (non-hydrogen) atoms. The van der Waals surface area contributed by atoms with Gasteiger partial charge in [0.05, 0.1) is 6.61 Å². The second-order valence-electron chi connectivity index (χ2n) is 2.32. The Bertz CT molecular complexity index is 143. The molecular weight excluding hydrogens is 220 g/mol. The highest BCUT2D eigenvalue weighted by atomic mass is 79.9. The van der Waals surface area contributed by atoms with Crippen LogP contribution < -0.4 is 0 Å². The molecule has 0 N–H and O–H groups in total. The van der Waals surface area contributed by atoms with Crippen LogP contribution in [0.4, 0.5) is 0 Å². The van der Waals surface area contributed by atoms with E-state index >= 15 is 0 Å². The van der Waals surface area contributed by atoms with Gasteiger partial charge in [-0.3, -0.25) is 4.79 Å². The van der Waals surface area contributed by atoms with E-state index in [2.05, 4.69) is 22.0 Å². The van der Waals surface area contributed by atoms with Crippen LogP contribution in [0.2, 0.25) is 0 Å². The summed E-state index contributed by atoms with van der Waals surface area (Å²) >= 11 is 3.28. The third kappa shape index (κ3) is 7.79. The number of rotatable bonds is 6. The molecule has 0 bridgehead atoms. The Labute approximate surface area is 82.1 Å². The maximum absolute atomic E-state index is 10.8. The molecule has 0 amide bonds. The van der Waals surface area contributed by atoms with E-state index in [4.69, 9.17) is 4.74 Å². The molecule has 0 unspecified atom stereocenters. The zero-order chi connectivity index (χ0) is 9.23. The number of unbranched alkanes of at least 4 members (excludes halogenated alkanes) is 1. The van der Waals surface area contributed by atoms with Crippen LogP contribution in [0.25, 0.3) is 0 Å². The average molecular weight is 235 g/mol. The van der Waals surface area contributed by atoms with Gasteiger partial charge in [0.1, 0.15) is 0 Å². The Hall–Kier alpha value is -0.310. The highest BCUT2D eigenvalue weighted by Gasteiger charge is 1.98. The molecule has 70 valence electrons. The van der Waals surface area contributed by atoms with Crippen molar-refractivity contribution in [2.45, 2.75) is 26.2 Å². The first kappa shape index (κ1) is 11.7. The van der Waals surface area contributed by atoms with Gasteiger partial charge in [0.2, 0.25) is 0 Å². The zero-order valence-electron chi connectivity index (χ0n) is 7.38. The quantitative estimate of drug-likeness (QED) is 0.306. The van der Waals surface area contributed by atoms with Crippen molar-refractivity contribution in [2.75, 3.05) is 11.9 Å². The minimum absolute atomic E-state index is 0.0928. The summed E-state index contributed by atoms with van der Waals surface area (Å²) in [6, 6.07) is 0. The molecule has 0 atom stereocenters. The molecule has 0 spiro atoms. The first-order valence-electron chi connectivity index (χ1n) is 4.17. The van der Waals surface area contributed by atoms with Gasteiger partial charge in [-0.25, -0.2) is 0 Å². The van der Waals surface area contributed by atoms with Gasteiger partial charge < -0.3 is 4.74 Å². The first-order chi connectivity index (χ1) is 5.81. The molecule has 0 aromatic rings. The van der Waals surface area contributed by atoms with Crippen LogP contribution in [0.1, 0.15) is 26.2 Å². The average Bonchev–Trinajstić information content (AvgIpc) is 2.05. The summed E-state index contributed by atoms with van der Waals surface area (Å²) in [7, 11) is 0. The van der Waals surface area contributed by atoms with Crippen LogP contribution in [0.5, 0.6) is 0 Å². The highest BCUT2D eigenvalue weighted by molar-refractivity contribution is 9.09. The summed E-state index contributed by atoms with van der Waals surface area (Å²) in [5, 5.41) is 0.881. The van der Waals surface area contributed by atoms with Crippen LogP contribution in [0, 0.1) is 0 Å². The normalized spacial score (nSPS) is 10.5. The summed E-state index contributed by atoms with van der Waals surface area (Å²) in [6.07, 6.45) is 6.45. The van der Waals surface area contributed by atoms with Crippen LogP contribution in [-0.4, -0.2) is 17.9 Å². The number of hydrogen-bond acceptors (Lipinski definition) is 2. The Morgan fingerprint density at radius 3 is 2.83 bits per heavy atom. The van der Waals surface area contributed by atoms with Crippen molar-refractivity contribution in [2.24, 2.45) is 0 Å². The molecule has 0 aliphatic heterocycles. The zero-order valence-corrected chi connectivity index (χ0v) is 8.97. The SMILES string of the molecule is CCOC(=O)CCCC=CCBr. The fraction of sp³-hybridized carbons (Fsp3) is 0.667. The maximum Gasteiger partial charge on any atom is 0.305 e. The molecular formula is C9H15BrO2. The minimum Gasteiger partial charge on any atom is -0.466 e. The Balaban J connectivity index is 3.19. The molecule has 2 nitrogen and oxygen atoms in total. The van der Waals surface area contributed by atoms with E-state index in [9.17, 15) is 4.79 Å². The van der Waals surface area contributed by atoms with Crippen molar-refractivity contribution >= 4 is 21.9 Å². The second kappa shape index (κ2) is 8.78. The summed E-state index contributed by atoms with van der Waals surface area (Å²) < 4.78 is 4.78. The molecule has 0 saturated heterocycles. The topological polar surface area (TPSA) is 26.3 Å². The number of carbonyl (C=O) groups is 1. The van der Waals surface area contributed by atoms with Crippen molar-refractivity contribution in [1.82, 2.24) is 0 Å². The van der Waals surface area contributed by atoms with Crippen LogP contribution in [-0.2, 0) is 9.53 Å². The van der Waals surface area contributed by atoms with Crippen molar-refractivity contribution in [3.8, 4) is 0 Å².